The van der Waals surface area contributed by atoms with Crippen LogP contribution in [-0.4, -0.2) is 29.6 Å². The minimum atomic E-state index is -3.09. The molecule has 0 aliphatic carbocycles. The topological polar surface area (TPSA) is 125 Å². The number of hydrogen-bond acceptors (Lipinski definition) is 7. The van der Waals surface area contributed by atoms with E-state index in [1.165, 1.54) is 6.26 Å². The number of sulfone groups is 1. The molecule has 9 heteroatoms. The monoisotopic (exact) mass is 315 g/mol. The molecule has 4 N–H and O–H groups in total. The fraction of sp³-hybridized carbons (Fsp3) is 0.182. The van der Waals surface area contributed by atoms with Crippen molar-refractivity contribution in [3.63, 3.8) is 0 Å². The van der Waals surface area contributed by atoms with Crippen LogP contribution in [-0.2, 0) is 15.6 Å². The van der Waals surface area contributed by atoms with Gasteiger partial charge in [-0.05, 0) is 11.6 Å². The van der Waals surface area contributed by atoms with Crippen LogP contribution in [0.15, 0.2) is 24.3 Å². The normalized spacial score (nSPS) is 10.8. The Kier molecular flexibility index (Phi) is 4.85. The minimum Gasteiger partial charge on any atom is -0.368 e. The van der Waals surface area contributed by atoms with Gasteiger partial charge in [-0.3, -0.25) is 0 Å². The van der Waals surface area contributed by atoms with Gasteiger partial charge in [-0.25, -0.2) is 8.42 Å². The molecule has 0 saturated carbocycles. The van der Waals surface area contributed by atoms with Crippen molar-refractivity contribution in [2.24, 2.45) is 0 Å². The van der Waals surface area contributed by atoms with Crippen LogP contribution >= 0.6 is 12.4 Å². The second kappa shape index (κ2) is 6.02. The highest BCUT2D eigenvalue weighted by Crippen LogP contribution is 2.18. The zero-order chi connectivity index (χ0) is 14.0. The number of aromatic nitrogens is 3. The first-order valence-corrected chi connectivity index (χ1v) is 7.43. The van der Waals surface area contributed by atoms with Crippen molar-refractivity contribution in [3.8, 4) is 11.4 Å². The van der Waals surface area contributed by atoms with E-state index in [2.05, 4.69) is 15.0 Å². The summed E-state index contributed by atoms with van der Waals surface area (Å²) >= 11 is 0. The van der Waals surface area contributed by atoms with Crippen LogP contribution in [0, 0.1) is 0 Å². The van der Waals surface area contributed by atoms with Crippen molar-refractivity contribution < 1.29 is 8.42 Å². The van der Waals surface area contributed by atoms with Crippen molar-refractivity contribution in [2.75, 3.05) is 17.7 Å². The second-order valence-corrected chi connectivity index (χ2v) is 6.29. The fourth-order valence-corrected chi connectivity index (χ4v) is 2.43. The lowest BCUT2D eigenvalue weighted by molar-refractivity contribution is 0.601. The number of benzene rings is 1. The molecule has 20 heavy (non-hydrogen) atoms. The molecule has 0 aliphatic heterocycles. The summed E-state index contributed by atoms with van der Waals surface area (Å²) in [7, 11) is -3.09. The van der Waals surface area contributed by atoms with Crippen LogP contribution in [0.1, 0.15) is 5.56 Å². The zero-order valence-corrected chi connectivity index (χ0v) is 12.3. The standard InChI is InChI=1S/C11H13N5O2S.ClH/c1-19(17,18)6-7-3-2-4-8(5-7)9-14-10(12)16-11(13)15-9;/h2-5H,6H2,1H3,(H4,12,13,14,15,16);1H. The molecule has 0 radical (unpaired) electrons. The summed E-state index contributed by atoms with van der Waals surface area (Å²) in [5.74, 6) is 0.323. The lowest BCUT2D eigenvalue weighted by Gasteiger charge is -2.04. The lowest BCUT2D eigenvalue weighted by atomic mass is 10.1. The molecule has 1 aromatic carbocycles. The fourth-order valence-electron chi connectivity index (χ4n) is 1.64. The highest BCUT2D eigenvalue weighted by atomic mass is 35.5. The third kappa shape index (κ3) is 4.32. The third-order valence-electron chi connectivity index (χ3n) is 2.28. The Morgan fingerprint density at radius 1 is 1.10 bits per heavy atom. The molecule has 0 fully saturated rings. The smallest absolute Gasteiger partial charge is 0.225 e. The van der Waals surface area contributed by atoms with Crippen LogP contribution < -0.4 is 11.5 Å². The number of nitrogen functional groups attached to an aromatic ring is 2. The molecule has 1 heterocycles. The predicted octanol–water partition coefficient (Wildman–Crippen LogP) is 0.669. The summed E-state index contributed by atoms with van der Waals surface area (Å²) < 4.78 is 22.6. The molecule has 1 aromatic heterocycles. The van der Waals surface area contributed by atoms with Crippen molar-refractivity contribution in [1.82, 2.24) is 15.0 Å². The maximum Gasteiger partial charge on any atom is 0.225 e. The molecule has 0 amide bonds. The lowest BCUT2D eigenvalue weighted by Crippen LogP contribution is -2.05. The maximum absolute atomic E-state index is 11.3. The van der Waals surface area contributed by atoms with Crippen LogP contribution in [0.4, 0.5) is 11.9 Å². The molecule has 0 bridgehead atoms. The van der Waals surface area contributed by atoms with Crippen LogP contribution in [0.5, 0.6) is 0 Å². The Morgan fingerprint density at radius 3 is 2.25 bits per heavy atom. The summed E-state index contributed by atoms with van der Waals surface area (Å²) in [4.78, 5) is 11.6. The number of nitrogens with two attached hydrogens (primary N) is 2. The van der Waals surface area contributed by atoms with Gasteiger partial charge in [0, 0.05) is 11.8 Å². The number of halogens is 1. The first-order chi connectivity index (χ1) is 8.83. The molecule has 7 nitrogen and oxygen atoms in total. The summed E-state index contributed by atoms with van der Waals surface area (Å²) in [5.41, 5.74) is 12.3. The SMILES string of the molecule is CS(=O)(=O)Cc1cccc(-c2nc(N)nc(N)n2)c1.Cl. The van der Waals surface area contributed by atoms with E-state index >= 15 is 0 Å². The van der Waals surface area contributed by atoms with Gasteiger partial charge >= 0.3 is 0 Å². The highest BCUT2D eigenvalue weighted by Gasteiger charge is 2.08. The van der Waals surface area contributed by atoms with Crippen LogP contribution in [0.2, 0.25) is 0 Å². The van der Waals surface area contributed by atoms with E-state index in [9.17, 15) is 8.42 Å². The van der Waals surface area contributed by atoms with E-state index in [0.717, 1.165) is 0 Å². The quantitative estimate of drug-likeness (QED) is 0.852. The van der Waals surface area contributed by atoms with Gasteiger partial charge in [0.2, 0.25) is 11.9 Å². The van der Waals surface area contributed by atoms with E-state index in [0.29, 0.717) is 17.0 Å². The van der Waals surface area contributed by atoms with Gasteiger partial charge in [-0.2, -0.15) is 15.0 Å². The summed E-state index contributed by atoms with van der Waals surface area (Å²) in [5, 5.41) is 0. The predicted molar refractivity (Wildman–Crippen MR) is 79.9 cm³/mol. The maximum atomic E-state index is 11.3. The average molecular weight is 316 g/mol. The number of rotatable bonds is 3. The molecule has 0 unspecified atom stereocenters. The van der Waals surface area contributed by atoms with Gasteiger partial charge < -0.3 is 11.5 Å². The van der Waals surface area contributed by atoms with Crippen molar-refractivity contribution >= 4 is 34.1 Å². The van der Waals surface area contributed by atoms with Gasteiger partial charge in [0.25, 0.3) is 0 Å². The Hall–Kier alpha value is -1.93. The largest absolute Gasteiger partial charge is 0.368 e. The Balaban J connectivity index is 0.00000200. The van der Waals surface area contributed by atoms with Crippen LogP contribution in [0.25, 0.3) is 11.4 Å². The molecule has 2 aromatic rings. The van der Waals surface area contributed by atoms with Gasteiger partial charge in [-0.15, -0.1) is 12.4 Å². The van der Waals surface area contributed by atoms with E-state index < -0.39 is 9.84 Å². The summed E-state index contributed by atoms with van der Waals surface area (Å²) in [6.45, 7) is 0. The van der Waals surface area contributed by atoms with Gasteiger partial charge in [-0.1, -0.05) is 18.2 Å². The first kappa shape index (κ1) is 16.1. The van der Waals surface area contributed by atoms with Crippen LogP contribution in [0.3, 0.4) is 0 Å². The Labute approximate surface area is 122 Å². The Morgan fingerprint density at radius 2 is 1.70 bits per heavy atom. The Bertz CT molecular complexity index is 700. The molecular weight excluding hydrogens is 302 g/mol. The number of hydrogen-bond donors (Lipinski definition) is 2. The van der Waals surface area contributed by atoms with E-state index in [4.69, 9.17) is 11.5 Å². The summed E-state index contributed by atoms with van der Waals surface area (Å²) in [6.07, 6.45) is 1.18. The third-order valence-corrected chi connectivity index (χ3v) is 3.14. The average Bonchev–Trinajstić information content (AvgIpc) is 2.25. The molecule has 0 saturated heterocycles. The highest BCUT2D eigenvalue weighted by molar-refractivity contribution is 7.89. The molecular formula is C11H14ClN5O2S. The summed E-state index contributed by atoms with van der Waals surface area (Å²) in [6, 6.07) is 6.89. The zero-order valence-electron chi connectivity index (χ0n) is 10.6. The molecule has 0 spiro atoms. The first-order valence-electron chi connectivity index (χ1n) is 5.37. The molecule has 108 valence electrons. The van der Waals surface area contributed by atoms with Gasteiger partial charge in [0.05, 0.1) is 5.75 Å². The van der Waals surface area contributed by atoms with E-state index in [1.54, 1.807) is 24.3 Å². The molecule has 2 rings (SSSR count). The minimum absolute atomic E-state index is 0. The molecule has 0 atom stereocenters. The number of anilines is 2. The van der Waals surface area contributed by atoms with E-state index in [1.807, 2.05) is 0 Å². The van der Waals surface area contributed by atoms with Gasteiger partial charge in [0.1, 0.15) is 0 Å². The number of nitrogens with zero attached hydrogens (tertiary/aromatic N) is 3. The molecule has 0 aliphatic rings. The van der Waals surface area contributed by atoms with Crippen molar-refractivity contribution in [2.45, 2.75) is 5.75 Å². The second-order valence-electron chi connectivity index (χ2n) is 4.15. The van der Waals surface area contributed by atoms with Crippen molar-refractivity contribution in [1.29, 1.82) is 0 Å². The van der Waals surface area contributed by atoms with E-state index in [-0.39, 0.29) is 30.1 Å². The van der Waals surface area contributed by atoms with Gasteiger partial charge in [0.15, 0.2) is 15.7 Å². The van der Waals surface area contributed by atoms with Crippen molar-refractivity contribution in [3.05, 3.63) is 29.8 Å².